The minimum Gasteiger partial charge on any atom is -0.390 e. The SMILES string of the molecule is OCc1nc(CN2CCNCC2)n2c1CCCC2. The fourth-order valence-corrected chi connectivity index (χ4v) is 3.01. The summed E-state index contributed by atoms with van der Waals surface area (Å²) in [5.74, 6) is 1.15. The molecule has 1 saturated heterocycles. The van der Waals surface area contributed by atoms with Crippen LogP contribution >= 0.6 is 0 Å². The first-order chi connectivity index (χ1) is 8.88. The fraction of sp³-hybridized carbons (Fsp3) is 0.769. The Kier molecular flexibility index (Phi) is 3.63. The molecule has 0 aliphatic carbocycles. The second-order valence-corrected chi connectivity index (χ2v) is 5.21. The van der Waals surface area contributed by atoms with Crippen LogP contribution in [0.15, 0.2) is 0 Å². The largest absolute Gasteiger partial charge is 0.390 e. The molecule has 18 heavy (non-hydrogen) atoms. The summed E-state index contributed by atoms with van der Waals surface area (Å²) in [6.07, 6.45) is 3.54. The molecule has 5 heteroatoms. The topological polar surface area (TPSA) is 53.3 Å². The molecule has 100 valence electrons. The van der Waals surface area contributed by atoms with Gasteiger partial charge in [-0.2, -0.15) is 0 Å². The quantitative estimate of drug-likeness (QED) is 0.800. The smallest absolute Gasteiger partial charge is 0.123 e. The standard InChI is InChI=1S/C13H22N4O/c18-10-11-12-3-1-2-6-17(12)13(15-11)9-16-7-4-14-5-8-16/h14,18H,1-10H2. The molecule has 1 aromatic heterocycles. The first kappa shape index (κ1) is 12.1. The molecule has 0 unspecified atom stereocenters. The molecule has 3 rings (SSSR count). The molecule has 0 aromatic carbocycles. The fourth-order valence-electron chi connectivity index (χ4n) is 3.01. The highest BCUT2D eigenvalue weighted by molar-refractivity contribution is 5.18. The number of aliphatic hydroxyl groups is 1. The van der Waals surface area contributed by atoms with Gasteiger partial charge in [-0.15, -0.1) is 0 Å². The van der Waals surface area contributed by atoms with Crippen LogP contribution in [0.2, 0.25) is 0 Å². The van der Waals surface area contributed by atoms with Crippen molar-refractivity contribution in [3.8, 4) is 0 Å². The maximum absolute atomic E-state index is 9.41. The van der Waals surface area contributed by atoms with Gasteiger partial charge in [-0.3, -0.25) is 4.90 Å². The van der Waals surface area contributed by atoms with Crippen LogP contribution in [0, 0.1) is 0 Å². The molecular formula is C13H22N4O. The van der Waals surface area contributed by atoms with E-state index in [-0.39, 0.29) is 6.61 Å². The maximum atomic E-state index is 9.41. The van der Waals surface area contributed by atoms with Crippen molar-refractivity contribution in [2.75, 3.05) is 26.2 Å². The van der Waals surface area contributed by atoms with Gasteiger partial charge in [0.05, 0.1) is 18.8 Å². The van der Waals surface area contributed by atoms with Crippen molar-refractivity contribution in [3.05, 3.63) is 17.2 Å². The lowest BCUT2D eigenvalue weighted by atomic mass is 10.1. The number of aromatic nitrogens is 2. The normalized spacial score (nSPS) is 20.9. The Morgan fingerprint density at radius 1 is 1.17 bits per heavy atom. The van der Waals surface area contributed by atoms with Crippen LogP contribution in [0.3, 0.4) is 0 Å². The van der Waals surface area contributed by atoms with Crippen molar-refractivity contribution < 1.29 is 5.11 Å². The van der Waals surface area contributed by atoms with Crippen molar-refractivity contribution in [2.45, 2.75) is 39.0 Å². The highest BCUT2D eigenvalue weighted by atomic mass is 16.3. The van der Waals surface area contributed by atoms with E-state index >= 15 is 0 Å². The van der Waals surface area contributed by atoms with Crippen molar-refractivity contribution in [3.63, 3.8) is 0 Å². The number of hydrogen-bond donors (Lipinski definition) is 2. The second-order valence-electron chi connectivity index (χ2n) is 5.21. The lowest BCUT2D eigenvalue weighted by Gasteiger charge is -2.27. The predicted octanol–water partition coefficient (Wildman–Crippen LogP) is 0.117. The number of hydrogen-bond acceptors (Lipinski definition) is 4. The number of nitrogens with one attached hydrogen (secondary N) is 1. The van der Waals surface area contributed by atoms with E-state index in [9.17, 15) is 5.11 Å². The lowest BCUT2D eigenvalue weighted by Crippen LogP contribution is -2.43. The summed E-state index contributed by atoms with van der Waals surface area (Å²) in [6, 6.07) is 0. The van der Waals surface area contributed by atoms with Gasteiger partial charge in [0.2, 0.25) is 0 Å². The van der Waals surface area contributed by atoms with E-state index in [1.54, 1.807) is 0 Å². The monoisotopic (exact) mass is 250 g/mol. The molecule has 2 N–H and O–H groups in total. The molecule has 0 radical (unpaired) electrons. The lowest BCUT2D eigenvalue weighted by molar-refractivity contribution is 0.223. The molecule has 2 aliphatic rings. The highest BCUT2D eigenvalue weighted by Gasteiger charge is 2.21. The van der Waals surface area contributed by atoms with E-state index in [2.05, 4.69) is 19.8 Å². The second kappa shape index (κ2) is 5.38. The van der Waals surface area contributed by atoms with E-state index < -0.39 is 0 Å². The number of fused-ring (bicyclic) bond motifs is 1. The third-order valence-electron chi connectivity index (χ3n) is 4.00. The Morgan fingerprint density at radius 2 is 2.00 bits per heavy atom. The maximum Gasteiger partial charge on any atom is 0.123 e. The summed E-state index contributed by atoms with van der Waals surface area (Å²) in [6.45, 7) is 6.41. The molecule has 2 aliphatic heterocycles. The summed E-state index contributed by atoms with van der Waals surface area (Å²) in [7, 11) is 0. The average Bonchev–Trinajstić information content (AvgIpc) is 2.78. The highest BCUT2D eigenvalue weighted by Crippen LogP contribution is 2.22. The molecule has 0 atom stereocenters. The summed E-state index contributed by atoms with van der Waals surface area (Å²) in [4.78, 5) is 7.10. The summed E-state index contributed by atoms with van der Waals surface area (Å²) in [5.41, 5.74) is 2.17. The van der Waals surface area contributed by atoms with Gasteiger partial charge < -0.3 is 15.0 Å². The van der Waals surface area contributed by atoms with Crippen LogP contribution in [0.4, 0.5) is 0 Å². The van der Waals surface area contributed by atoms with E-state index in [1.165, 1.54) is 18.5 Å². The number of rotatable bonds is 3. The predicted molar refractivity (Wildman–Crippen MR) is 69.2 cm³/mol. The first-order valence-electron chi connectivity index (χ1n) is 6.99. The zero-order chi connectivity index (χ0) is 12.4. The molecule has 1 fully saturated rings. The zero-order valence-electron chi connectivity index (χ0n) is 10.9. The van der Waals surface area contributed by atoms with E-state index in [4.69, 9.17) is 0 Å². The number of piperazine rings is 1. The van der Waals surface area contributed by atoms with Crippen molar-refractivity contribution in [1.29, 1.82) is 0 Å². The molecular weight excluding hydrogens is 228 g/mol. The van der Waals surface area contributed by atoms with Crippen LogP contribution in [0.25, 0.3) is 0 Å². The van der Waals surface area contributed by atoms with Gasteiger partial charge in [-0.1, -0.05) is 0 Å². The average molecular weight is 250 g/mol. The molecule has 1 aromatic rings. The number of aliphatic hydroxyl groups excluding tert-OH is 1. The third kappa shape index (κ3) is 2.30. The van der Waals surface area contributed by atoms with Gasteiger partial charge in [-0.05, 0) is 19.3 Å². The molecule has 0 amide bonds. The number of imidazole rings is 1. The Hall–Kier alpha value is -0.910. The molecule has 3 heterocycles. The van der Waals surface area contributed by atoms with Crippen LogP contribution in [-0.4, -0.2) is 45.7 Å². The molecule has 0 bridgehead atoms. The van der Waals surface area contributed by atoms with Crippen molar-refractivity contribution in [2.24, 2.45) is 0 Å². The van der Waals surface area contributed by atoms with E-state index in [0.717, 1.165) is 57.2 Å². The minimum atomic E-state index is 0.0802. The summed E-state index contributed by atoms with van der Waals surface area (Å²) in [5, 5.41) is 12.8. The van der Waals surface area contributed by atoms with Gasteiger partial charge >= 0.3 is 0 Å². The number of nitrogens with zero attached hydrogens (tertiary/aromatic N) is 3. The van der Waals surface area contributed by atoms with E-state index in [0.29, 0.717) is 0 Å². The summed E-state index contributed by atoms with van der Waals surface area (Å²) < 4.78 is 2.34. The Labute approximate surface area is 108 Å². The van der Waals surface area contributed by atoms with Crippen molar-refractivity contribution in [1.82, 2.24) is 19.8 Å². The molecule has 0 saturated carbocycles. The molecule has 5 nitrogen and oxygen atoms in total. The van der Waals surface area contributed by atoms with Crippen LogP contribution in [0.1, 0.15) is 30.1 Å². The van der Waals surface area contributed by atoms with Gasteiger partial charge in [-0.25, -0.2) is 4.98 Å². The van der Waals surface area contributed by atoms with Gasteiger partial charge in [0, 0.05) is 38.4 Å². The first-order valence-corrected chi connectivity index (χ1v) is 6.99. The van der Waals surface area contributed by atoms with Gasteiger partial charge in [0.15, 0.2) is 0 Å². The van der Waals surface area contributed by atoms with Crippen molar-refractivity contribution >= 4 is 0 Å². The van der Waals surface area contributed by atoms with Crippen LogP contribution < -0.4 is 5.32 Å². The zero-order valence-corrected chi connectivity index (χ0v) is 10.9. The van der Waals surface area contributed by atoms with Gasteiger partial charge in [0.1, 0.15) is 5.82 Å². The Balaban J connectivity index is 1.80. The van der Waals surface area contributed by atoms with E-state index in [1.807, 2.05) is 0 Å². The molecule has 0 spiro atoms. The third-order valence-corrected chi connectivity index (χ3v) is 4.00. The van der Waals surface area contributed by atoms with Gasteiger partial charge in [0.25, 0.3) is 0 Å². The Morgan fingerprint density at radius 3 is 2.78 bits per heavy atom. The minimum absolute atomic E-state index is 0.0802. The van der Waals surface area contributed by atoms with Crippen LogP contribution in [-0.2, 0) is 26.1 Å². The summed E-state index contributed by atoms with van der Waals surface area (Å²) >= 11 is 0. The van der Waals surface area contributed by atoms with Crippen LogP contribution in [0.5, 0.6) is 0 Å². The Bertz CT molecular complexity index is 409.